The molecule has 2 heterocycles. The molecular weight excluding hydrogens is 318 g/mol. The van der Waals surface area contributed by atoms with Gasteiger partial charge in [-0.05, 0) is 52.0 Å². The molecule has 0 atom stereocenters. The van der Waals surface area contributed by atoms with Gasteiger partial charge in [-0.25, -0.2) is 0 Å². The van der Waals surface area contributed by atoms with Gasteiger partial charge in [0.15, 0.2) is 0 Å². The first-order valence-corrected chi connectivity index (χ1v) is 9.90. The van der Waals surface area contributed by atoms with E-state index in [0.717, 1.165) is 39.3 Å². The molecule has 132 valence electrons. The fourth-order valence-corrected chi connectivity index (χ4v) is 4.66. The van der Waals surface area contributed by atoms with Gasteiger partial charge in [0.1, 0.15) is 0 Å². The summed E-state index contributed by atoms with van der Waals surface area (Å²) in [5.74, 6) is 0.313. The second-order valence-corrected chi connectivity index (χ2v) is 8.47. The van der Waals surface area contributed by atoms with Crippen LogP contribution in [0, 0.1) is 6.92 Å². The van der Waals surface area contributed by atoms with E-state index in [1.807, 2.05) is 16.7 Å². The van der Waals surface area contributed by atoms with Crippen LogP contribution in [0.1, 0.15) is 18.4 Å². The monoisotopic (exact) mass is 347 g/mol. The zero-order valence-electron chi connectivity index (χ0n) is 14.9. The zero-order valence-corrected chi connectivity index (χ0v) is 15.7. The minimum Gasteiger partial charge on any atom is -0.339 e. The smallest absolute Gasteiger partial charge is 0.236 e. The Balaban J connectivity index is 1.41. The molecule has 5 heteroatoms. The van der Waals surface area contributed by atoms with Crippen molar-refractivity contribution >= 4 is 17.7 Å². The van der Waals surface area contributed by atoms with Gasteiger partial charge in [-0.3, -0.25) is 9.69 Å². The zero-order chi connectivity index (χ0) is 16.9. The molecule has 2 aliphatic heterocycles. The minimum absolute atomic E-state index is 0.313. The summed E-state index contributed by atoms with van der Waals surface area (Å²) >= 11 is 2.00. The van der Waals surface area contributed by atoms with Crippen molar-refractivity contribution in [3.05, 3.63) is 29.8 Å². The number of rotatable bonds is 4. The first-order chi connectivity index (χ1) is 11.6. The molecule has 1 amide bonds. The number of hydrogen-bond donors (Lipinski definition) is 0. The lowest BCUT2D eigenvalue weighted by Crippen LogP contribution is -2.51. The first-order valence-electron chi connectivity index (χ1n) is 9.02. The molecule has 2 saturated heterocycles. The van der Waals surface area contributed by atoms with Crippen molar-refractivity contribution in [1.82, 2.24) is 14.7 Å². The van der Waals surface area contributed by atoms with E-state index in [1.165, 1.54) is 23.3 Å². The molecule has 0 N–H and O–H groups in total. The molecule has 0 radical (unpaired) electrons. The van der Waals surface area contributed by atoms with E-state index in [4.69, 9.17) is 0 Å². The third-order valence-electron chi connectivity index (χ3n) is 5.04. The van der Waals surface area contributed by atoms with E-state index < -0.39 is 0 Å². The summed E-state index contributed by atoms with van der Waals surface area (Å²) in [6.45, 7) is 8.61. The van der Waals surface area contributed by atoms with Crippen molar-refractivity contribution in [3.8, 4) is 0 Å². The van der Waals surface area contributed by atoms with Crippen LogP contribution in [0.4, 0.5) is 0 Å². The van der Waals surface area contributed by atoms with Crippen LogP contribution in [0.2, 0.25) is 0 Å². The van der Waals surface area contributed by atoms with E-state index in [0.29, 0.717) is 17.7 Å². The van der Waals surface area contributed by atoms with Crippen LogP contribution in [0.15, 0.2) is 29.2 Å². The Morgan fingerprint density at radius 1 is 1.12 bits per heavy atom. The average Bonchev–Trinajstić information content (AvgIpc) is 2.57. The highest BCUT2D eigenvalue weighted by Gasteiger charge is 2.25. The molecule has 1 aromatic rings. The number of piperazine rings is 1. The quantitative estimate of drug-likeness (QED) is 0.835. The van der Waals surface area contributed by atoms with Gasteiger partial charge in [0.05, 0.1) is 6.54 Å². The highest BCUT2D eigenvalue weighted by atomic mass is 32.2. The summed E-state index contributed by atoms with van der Waals surface area (Å²) in [6.07, 6.45) is 2.35. The Labute approximate surface area is 150 Å². The van der Waals surface area contributed by atoms with Crippen LogP contribution >= 0.6 is 11.8 Å². The maximum Gasteiger partial charge on any atom is 0.236 e. The third kappa shape index (κ3) is 4.98. The molecular formula is C19H29N3OS. The fourth-order valence-electron chi connectivity index (χ4n) is 3.41. The van der Waals surface area contributed by atoms with Gasteiger partial charge in [0.2, 0.25) is 5.91 Å². The molecule has 0 bridgehead atoms. The van der Waals surface area contributed by atoms with Crippen molar-refractivity contribution in [2.24, 2.45) is 0 Å². The lowest BCUT2D eigenvalue weighted by atomic mass is 10.1. The summed E-state index contributed by atoms with van der Waals surface area (Å²) in [7, 11) is 2.12. The molecule has 0 unspecified atom stereocenters. The van der Waals surface area contributed by atoms with Crippen molar-refractivity contribution in [2.45, 2.75) is 29.9 Å². The van der Waals surface area contributed by atoms with Gasteiger partial charge in [-0.2, -0.15) is 0 Å². The molecule has 3 rings (SSSR count). The molecule has 0 saturated carbocycles. The third-order valence-corrected chi connectivity index (χ3v) is 6.37. The number of thioether (sulfide) groups is 1. The van der Waals surface area contributed by atoms with Gasteiger partial charge >= 0.3 is 0 Å². The number of amides is 1. The number of carbonyl (C=O) groups is 1. The van der Waals surface area contributed by atoms with Crippen molar-refractivity contribution in [3.63, 3.8) is 0 Å². The summed E-state index contributed by atoms with van der Waals surface area (Å²) in [4.78, 5) is 20.5. The maximum atomic E-state index is 12.4. The number of nitrogens with zero attached hydrogens (tertiary/aromatic N) is 3. The Hall–Kier alpha value is -1.04. The molecule has 1 aromatic carbocycles. The van der Waals surface area contributed by atoms with Crippen molar-refractivity contribution in [2.75, 3.05) is 52.9 Å². The van der Waals surface area contributed by atoms with Gasteiger partial charge in [0.25, 0.3) is 0 Å². The molecule has 0 aliphatic carbocycles. The summed E-state index contributed by atoms with van der Waals surface area (Å²) in [6, 6.07) is 8.77. The summed E-state index contributed by atoms with van der Waals surface area (Å²) in [5.41, 5.74) is 1.33. The van der Waals surface area contributed by atoms with Gasteiger partial charge in [-0.1, -0.05) is 17.7 Å². The number of likely N-dealkylation sites (N-methyl/N-ethyl adjacent to an activating group) is 1. The van der Waals surface area contributed by atoms with E-state index in [-0.39, 0.29) is 0 Å². The molecule has 0 spiro atoms. The fraction of sp³-hybridized carbons (Fsp3) is 0.632. The molecule has 4 nitrogen and oxygen atoms in total. The van der Waals surface area contributed by atoms with E-state index in [2.05, 4.69) is 48.0 Å². The predicted molar refractivity (Wildman–Crippen MR) is 101 cm³/mol. The predicted octanol–water partition coefficient (Wildman–Crippen LogP) is 2.33. The maximum absolute atomic E-state index is 12.4. The van der Waals surface area contributed by atoms with Gasteiger partial charge in [0, 0.05) is 36.3 Å². The molecule has 2 fully saturated rings. The number of likely N-dealkylation sites (tertiary alicyclic amines) is 1. The highest BCUT2D eigenvalue weighted by Crippen LogP contribution is 2.30. The van der Waals surface area contributed by atoms with Crippen LogP contribution in [-0.4, -0.2) is 78.7 Å². The number of piperidine rings is 1. The Morgan fingerprint density at radius 2 is 1.83 bits per heavy atom. The Kier molecular flexibility index (Phi) is 6.19. The summed E-state index contributed by atoms with van der Waals surface area (Å²) < 4.78 is 0. The first kappa shape index (κ1) is 17.8. The number of hydrogen-bond acceptors (Lipinski definition) is 4. The molecule has 2 aliphatic rings. The number of benzene rings is 1. The van der Waals surface area contributed by atoms with E-state index in [1.54, 1.807) is 0 Å². The second-order valence-electron chi connectivity index (χ2n) is 7.09. The van der Waals surface area contributed by atoms with Crippen molar-refractivity contribution < 1.29 is 4.79 Å². The average molecular weight is 348 g/mol. The highest BCUT2D eigenvalue weighted by molar-refractivity contribution is 8.00. The van der Waals surface area contributed by atoms with Crippen LogP contribution in [-0.2, 0) is 4.79 Å². The Morgan fingerprint density at radius 3 is 2.50 bits per heavy atom. The van der Waals surface area contributed by atoms with Gasteiger partial charge in [-0.15, -0.1) is 11.8 Å². The normalized spacial score (nSPS) is 21.2. The largest absolute Gasteiger partial charge is 0.339 e. The molecule has 0 aromatic heterocycles. The van der Waals surface area contributed by atoms with Crippen LogP contribution < -0.4 is 0 Å². The van der Waals surface area contributed by atoms with Gasteiger partial charge < -0.3 is 9.80 Å². The van der Waals surface area contributed by atoms with E-state index in [9.17, 15) is 4.79 Å². The summed E-state index contributed by atoms with van der Waals surface area (Å²) in [5, 5.41) is 0.682. The number of aryl methyl sites for hydroxylation is 1. The minimum atomic E-state index is 0.313. The second kappa shape index (κ2) is 8.37. The van der Waals surface area contributed by atoms with E-state index >= 15 is 0 Å². The van der Waals surface area contributed by atoms with Crippen LogP contribution in [0.3, 0.4) is 0 Å². The topological polar surface area (TPSA) is 26.8 Å². The standard InChI is InChI=1S/C19H29N3OS/c1-16-4-3-5-18(14-16)24-17-6-8-21(9-7-17)15-19(23)22-12-10-20(2)11-13-22/h3-5,14,17H,6-13,15H2,1-2H3. The van der Waals surface area contributed by atoms with Crippen LogP contribution in [0.5, 0.6) is 0 Å². The Bertz CT molecular complexity index is 549. The lowest BCUT2D eigenvalue weighted by Gasteiger charge is -2.36. The lowest BCUT2D eigenvalue weighted by molar-refractivity contribution is -0.134. The van der Waals surface area contributed by atoms with Crippen molar-refractivity contribution in [1.29, 1.82) is 0 Å². The van der Waals surface area contributed by atoms with Crippen LogP contribution in [0.25, 0.3) is 0 Å². The number of carbonyl (C=O) groups excluding carboxylic acids is 1. The SMILES string of the molecule is Cc1cccc(SC2CCN(CC(=O)N3CCN(C)CC3)CC2)c1. The molecule has 24 heavy (non-hydrogen) atoms.